The van der Waals surface area contributed by atoms with E-state index in [2.05, 4.69) is 118 Å². The number of nitrogens with zero attached hydrogens (tertiary/aromatic N) is 4. The van der Waals surface area contributed by atoms with Crippen molar-refractivity contribution in [3.63, 3.8) is 0 Å². The molecule has 0 unspecified atom stereocenters. The highest BCUT2D eigenvalue weighted by Crippen LogP contribution is 2.30. The highest BCUT2D eigenvalue weighted by Gasteiger charge is 2.18. The van der Waals surface area contributed by atoms with Crippen molar-refractivity contribution in [2.45, 2.75) is 6.54 Å². The summed E-state index contributed by atoms with van der Waals surface area (Å²) in [5.74, 6) is 0. The highest BCUT2D eigenvalue weighted by atomic mass is 35.5. The molecule has 1 aromatic heterocycles. The van der Waals surface area contributed by atoms with E-state index < -0.39 is 0 Å². The lowest BCUT2D eigenvalue weighted by atomic mass is 10.1. The maximum absolute atomic E-state index is 2.60. The lowest BCUT2D eigenvalue weighted by molar-refractivity contribution is 0.128. The van der Waals surface area contributed by atoms with Crippen molar-refractivity contribution in [2.24, 2.45) is 0 Å². The fourth-order valence-corrected chi connectivity index (χ4v) is 4.70. The molecule has 33 heavy (non-hydrogen) atoms. The van der Waals surface area contributed by atoms with Crippen molar-refractivity contribution in [1.29, 1.82) is 0 Å². The van der Waals surface area contributed by atoms with Crippen LogP contribution in [-0.2, 0) is 6.54 Å². The molecule has 0 saturated carbocycles. The van der Waals surface area contributed by atoms with Gasteiger partial charge in [-0.2, -0.15) is 0 Å². The molecule has 1 fully saturated rings. The Balaban J connectivity index is 0.00000259. The van der Waals surface area contributed by atoms with Crippen molar-refractivity contribution in [1.82, 2.24) is 14.5 Å². The van der Waals surface area contributed by atoms with Gasteiger partial charge in [-0.25, -0.2) is 0 Å². The van der Waals surface area contributed by atoms with E-state index in [1.54, 1.807) is 0 Å². The van der Waals surface area contributed by atoms with Crippen LogP contribution in [0.3, 0.4) is 0 Å². The van der Waals surface area contributed by atoms with Crippen molar-refractivity contribution in [2.75, 3.05) is 51.3 Å². The van der Waals surface area contributed by atoms with Crippen molar-refractivity contribution in [3.05, 3.63) is 96.7 Å². The predicted octanol–water partition coefficient (Wildman–Crippen LogP) is 5.12. The molecule has 1 aliphatic heterocycles. The van der Waals surface area contributed by atoms with Gasteiger partial charge in [0.15, 0.2) is 0 Å². The summed E-state index contributed by atoms with van der Waals surface area (Å²) in [4.78, 5) is 5.17. The smallest absolute Gasteiger partial charge is 0.0701 e. The van der Waals surface area contributed by atoms with E-state index >= 15 is 0 Å². The summed E-state index contributed by atoms with van der Waals surface area (Å²) in [5, 5.41) is 3.66. The summed E-state index contributed by atoms with van der Waals surface area (Å²) in [5.41, 5.74) is 5.24. The zero-order chi connectivity index (χ0) is 21.8. The average molecular weight is 461 g/mol. The van der Waals surface area contributed by atoms with Crippen LogP contribution in [-0.4, -0.2) is 60.8 Å². The van der Waals surface area contributed by atoms with E-state index in [0.717, 1.165) is 45.8 Å². The molecular weight excluding hydrogens is 428 g/mol. The van der Waals surface area contributed by atoms with E-state index in [1.165, 1.54) is 27.6 Å². The molecule has 0 aliphatic carbocycles. The number of piperazine rings is 1. The van der Waals surface area contributed by atoms with Crippen molar-refractivity contribution in [3.8, 4) is 11.1 Å². The second kappa shape index (κ2) is 10.9. The number of fused-ring (bicyclic) bond motifs is 1. The minimum atomic E-state index is 0. The van der Waals surface area contributed by atoms with Gasteiger partial charge in [-0.05, 0) is 17.2 Å². The van der Waals surface area contributed by atoms with Crippen LogP contribution < -0.4 is 5.01 Å². The van der Waals surface area contributed by atoms with Crippen LogP contribution >= 0.6 is 12.4 Å². The number of hydrogen-bond acceptors (Lipinski definition) is 3. The van der Waals surface area contributed by atoms with Crippen LogP contribution in [0, 0.1) is 0 Å². The maximum Gasteiger partial charge on any atom is 0.0701 e. The number of hydrogen-bond donors (Lipinski definition) is 0. The van der Waals surface area contributed by atoms with Crippen LogP contribution in [0.25, 0.3) is 22.0 Å². The second-order valence-electron chi connectivity index (χ2n) is 8.76. The van der Waals surface area contributed by atoms with Gasteiger partial charge in [0.2, 0.25) is 0 Å². The average Bonchev–Trinajstić information content (AvgIpc) is 3.25. The van der Waals surface area contributed by atoms with Crippen molar-refractivity contribution < 1.29 is 0 Å². The fourth-order valence-electron chi connectivity index (χ4n) is 4.70. The van der Waals surface area contributed by atoms with Gasteiger partial charge >= 0.3 is 0 Å². The first-order valence-electron chi connectivity index (χ1n) is 11.6. The highest BCUT2D eigenvalue weighted by molar-refractivity contribution is 5.96. The van der Waals surface area contributed by atoms with E-state index in [9.17, 15) is 0 Å². The summed E-state index contributed by atoms with van der Waals surface area (Å²) in [7, 11) is 2.20. The molecule has 3 aromatic carbocycles. The molecule has 4 aromatic rings. The number of halogens is 1. The Morgan fingerprint density at radius 1 is 0.727 bits per heavy atom. The molecule has 1 aliphatic rings. The van der Waals surface area contributed by atoms with E-state index in [4.69, 9.17) is 0 Å². The summed E-state index contributed by atoms with van der Waals surface area (Å²) in [6, 6.07) is 30.2. The number of rotatable bonds is 7. The Kier molecular flexibility index (Phi) is 7.71. The van der Waals surface area contributed by atoms with Gasteiger partial charge in [-0.15, -0.1) is 12.4 Å². The summed E-state index contributed by atoms with van der Waals surface area (Å²) in [6.45, 7) is 7.72. The van der Waals surface area contributed by atoms with Gasteiger partial charge < -0.3 is 5.01 Å². The molecule has 0 spiro atoms. The molecule has 172 valence electrons. The van der Waals surface area contributed by atoms with Crippen LogP contribution in [0.5, 0.6) is 0 Å². The minimum Gasteiger partial charge on any atom is -0.315 e. The molecule has 5 heteroatoms. The normalized spacial score (nSPS) is 14.8. The first-order chi connectivity index (χ1) is 15.8. The first-order valence-corrected chi connectivity index (χ1v) is 11.6. The molecular formula is C28H33ClN4. The fraction of sp³-hybridized carbons (Fsp3) is 0.286. The number of aromatic nitrogens is 1. The monoisotopic (exact) mass is 460 g/mol. The zero-order valence-electron chi connectivity index (χ0n) is 19.3. The quantitative estimate of drug-likeness (QED) is 0.380. The second-order valence-corrected chi connectivity index (χ2v) is 8.76. The Labute approximate surface area is 203 Å². The Hall–Kier alpha value is -2.79. The molecule has 4 nitrogen and oxygen atoms in total. The van der Waals surface area contributed by atoms with Crippen molar-refractivity contribution >= 4 is 23.3 Å². The third kappa shape index (κ3) is 5.41. The van der Waals surface area contributed by atoms with Gasteiger partial charge in [0.1, 0.15) is 0 Å². The van der Waals surface area contributed by atoms with Crippen LogP contribution in [0.4, 0.5) is 0 Å². The van der Waals surface area contributed by atoms with Gasteiger partial charge in [-0.3, -0.25) is 14.5 Å². The van der Waals surface area contributed by atoms with E-state index in [0.29, 0.717) is 0 Å². The van der Waals surface area contributed by atoms with Crippen LogP contribution in [0.15, 0.2) is 91.1 Å². The Morgan fingerprint density at radius 3 is 2.06 bits per heavy atom. The molecule has 5 rings (SSSR count). The number of benzene rings is 3. The number of para-hydroxylation sites is 1. The zero-order valence-corrected chi connectivity index (χ0v) is 20.1. The Morgan fingerprint density at radius 2 is 1.33 bits per heavy atom. The first kappa shape index (κ1) is 23.4. The third-order valence-electron chi connectivity index (χ3n) is 6.60. The summed E-state index contributed by atoms with van der Waals surface area (Å²) in [6.07, 6.45) is 2.29. The van der Waals surface area contributed by atoms with Crippen LogP contribution in [0.2, 0.25) is 0 Å². The molecule has 0 amide bonds. The lowest BCUT2D eigenvalue weighted by Gasteiger charge is -2.35. The topological polar surface area (TPSA) is 14.7 Å². The largest absolute Gasteiger partial charge is 0.315 e. The van der Waals surface area contributed by atoms with Crippen LogP contribution in [0.1, 0.15) is 5.56 Å². The summed E-state index contributed by atoms with van der Waals surface area (Å²) < 4.78 is 2.32. The van der Waals surface area contributed by atoms with E-state index in [-0.39, 0.29) is 12.4 Å². The molecule has 0 bridgehead atoms. The molecule has 0 radical (unpaired) electrons. The molecule has 2 heterocycles. The van der Waals surface area contributed by atoms with Gasteiger partial charge in [0.25, 0.3) is 0 Å². The minimum absolute atomic E-state index is 0. The van der Waals surface area contributed by atoms with Gasteiger partial charge in [0.05, 0.1) is 5.52 Å². The predicted molar refractivity (Wildman–Crippen MR) is 142 cm³/mol. The SMILES string of the molecule is CN(CCN1CCN(Cc2ccccc2)CC1)n1cc(-c2ccccc2)c2ccccc21.Cl. The van der Waals surface area contributed by atoms with E-state index in [1.807, 2.05) is 0 Å². The molecule has 0 atom stereocenters. The third-order valence-corrected chi connectivity index (χ3v) is 6.60. The number of likely N-dealkylation sites (N-methyl/N-ethyl adjacent to an activating group) is 1. The van der Waals surface area contributed by atoms with Gasteiger partial charge in [-0.1, -0.05) is 78.9 Å². The molecule has 0 N–H and O–H groups in total. The summed E-state index contributed by atoms with van der Waals surface area (Å²) >= 11 is 0. The lowest BCUT2D eigenvalue weighted by Crippen LogP contribution is -2.48. The maximum atomic E-state index is 2.60. The van der Waals surface area contributed by atoms with Gasteiger partial charge in [0, 0.05) is 70.0 Å². The Bertz CT molecular complexity index is 1130. The standard InChI is InChI=1S/C28H32N4.ClH/c1-29(16-17-30-18-20-31(21-19-30)22-24-10-4-2-5-11-24)32-23-27(25-12-6-3-7-13-25)26-14-8-9-15-28(26)32;/h2-15,23H,16-22H2,1H3;1H. The molecule has 1 saturated heterocycles.